The van der Waals surface area contributed by atoms with E-state index in [-0.39, 0.29) is 24.4 Å². The van der Waals surface area contributed by atoms with Gasteiger partial charge in [-0.15, -0.1) is 0 Å². The molecule has 0 spiro atoms. The molecule has 0 bridgehead atoms. The van der Waals surface area contributed by atoms with E-state index in [0.29, 0.717) is 23.5 Å². The van der Waals surface area contributed by atoms with E-state index >= 15 is 0 Å². The van der Waals surface area contributed by atoms with Crippen LogP contribution in [0.1, 0.15) is 110 Å². The van der Waals surface area contributed by atoms with Crippen molar-refractivity contribution < 1.29 is 14.3 Å². The van der Waals surface area contributed by atoms with Gasteiger partial charge >= 0.3 is 0 Å². The van der Waals surface area contributed by atoms with Crippen LogP contribution in [0.5, 0.6) is 5.75 Å². The van der Waals surface area contributed by atoms with Crippen molar-refractivity contribution >= 4 is 11.8 Å². The van der Waals surface area contributed by atoms with E-state index in [9.17, 15) is 9.59 Å². The molecule has 0 aliphatic carbocycles. The normalized spacial score (nSPS) is 14.3. The van der Waals surface area contributed by atoms with Gasteiger partial charge in [0.2, 0.25) is 0 Å². The number of hydrogen-bond acceptors (Lipinski definition) is 4. The lowest BCUT2D eigenvalue weighted by Crippen LogP contribution is -2.46. The van der Waals surface area contributed by atoms with Gasteiger partial charge in [0.1, 0.15) is 5.75 Å². The first-order chi connectivity index (χ1) is 20.0. The Hall–Kier alpha value is -3.34. The fourth-order valence-corrected chi connectivity index (χ4v) is 5.27. The Morgan fingerprint density at radius 2 is 1.41 bits per heavy atom. The van der Waals surface area contributed by atoms with E-state index in [1.807, 2.05) is 73.6 Å². The molecule has 1 aliphatic heterocycles. The largest absolute Gasteiger partial charge is 0.493 e. The smallest absolute Gasteiger partial charge is 0.261 e. The number of nitrogens with zero attached hydrogens (tertiary/aromatic N) is 2. The lowest BCUT2D eigenvalue weighted by molar-refractivity contribution is 0.0591. The SMILES string of the molecule is CCCCCCCCCCCCCCOc1cccc(C(=O)N(CC2C=CC=CN2C)C(=O)c2ccccc2)c1C. The van der Waals surface area contributed by atoms with E-state index in [1.165, 1.54) is 69.1 Å². The minimum absolute atomic E-state index is 0.0952. The van der Waals surface area contributed by atoms with Gasteiger partial charge in [-0.25, -0.2) is 0 Å². The molecule has 1 atom stereocenters. The van der Waals surface area contributed by atoms with Crippen molar-refractivity contribution in [3.8, 4) is 5.75 Å². The van der Waals surface area contributed by atoms with E-state index in [1.54, 1.807) is 18.2 Å². The van der Waals surface area contributed by atoms with Crippen LogP contribution >= 0.6 is 0 Å². The third-order valence-electron chi connectivity index (χ3n) is 7.94. The number of benzene rings is 2. The number of carbonyl (C=O) groups is 2. The maximum Gasteiger partial charge on any atom is 0.261 e. The molecule has 0 fully saturated rings. The third kappa shape index (κ3) is 10.5. The zero-order valence-electron chi connectivity index (χ0n) is 25.5. The van der Waals surface area contributed by atoms with Crippen LogP contribution in [0.3, 0.4) is 0 Å². The van der Waals surface area contributed by atoms with Gasteiger partial charge in [-0.2, -0.15) is 0 Å². The van der Waals surface area contributed by atoms with Crippen LogP contribution in [0.25, 0.3) is 0 Å². The van der Waals surface area contributed by atoms with Gasteiger partial charge in [0.15, 0.2) is 0 Å². The van der Waals surface area contributed by atoms with Crippen molar-refractivity contribution in [3.05, 3.63) is 89.6 Å². The molecule has 2 aromatic carbocycles. The second-order valence-electron chi connectivity index (χ2n) is 11.2. The topological polar surface area (TPSA) is 49.9 Å². The summed E-state index contributed by atoms with van der Waals surface area (Å²) in [5, 5.41) is 0. The highest BCUT2D eigenvalue weighted by Gasteiger charge is 2.29. The Balaban J connectivity index is 1.52. The highest BCUT2D eigenvalue weighted by molar-refractivity contribution is 6.11. The van der Waals surface area contributed by atoms with Crippen molar-refractivity contribution in [2.24, 2.45) is 0 Å². The number of amides is 2. The average Bonchev–Trinajstić information content (AvgIpc) is 2.99. The number of likely N-dealkylation sites (N-methyl/N-ethyl adjacent to an activating group) is 1. The van der Waals surface area contributed by atoms with Crippen LogP contribution in [-0.4, -0.2) is 47.9 Å². The monoisotopic (exact) mass is 558 g/mol. The number of imide groups is 1. The zero-order chi connectivity index (χ0) is 29.3. The molecule has 5 heteroatoms. The Kier molecular flexibility index (Phi) is 14.3. The Morgan fingerprint density at radius 3 is 2.05 bits per heavy atom. The van der Waals surface area contributed by atoms with Crippen molar-refractivity contribution in [1.29, 1.82) is 0 Å². The fraction of sp³-hybridized carbons (Fsp3) is 0.500. The van der Waals surface area contributed by atoms with Gasteiger partial charge in [0, 0.05) is 23.7 Å². The van der Waals surface area contributed by atoms with Crippen molar-refractivity contribution in [1.82, 2.24) is 9.80 Å². The summed E-state index contributed by atoms with van der Waals surface area (Å²) >= 11 is 0. The number of unbranched alkanes of at least 4 members (excludes halogenated alkanes) is 11. The molecule has 0 aromatic heterocycles. The van der Waals surface area contributed by atoms with Crippen molar-refractivity contribution in [2.45, 2.75) is 96.9 Å². The molecule has 1 aliphatic rings. The zero-order valence-corrected chi connectivity index (χ0v) is 25.5. The second kappa shape index (κ2) is 18.2. The second-order valence-corrected chi connectivity index (χ2v) is 11.2. The predicted molar refractivity (Wildman–Crippen MR) is 169 cm³/mol. The molecule has 2 amide bonds. The minimum atomic E-state index is -0.302. The summed E-state index contributed by atoms with van der Waals surface area (Å²) < 4.78 is 6.13. The number of carbonyl (C=O) groups excluding carboxylic acids is 2. The van der Waals surface area contributed by atoms with Crippen LogP contribution < -0.4 is 4.74 Å². The van der Waals surface area contributed by atoms with Crippen LogP contribution in [0.15, 0.2) is 73.0 Å². The lowest BCUT2D eigenvalue weighted by Gasteiger charge is -2.31. The van der Waals surface area contributed by atoms with Crippen LogP contribution in [0.2, 0.25) is 0 Å². The Labute approximate surface area is 248 Å². The first-order valence-electron chi connectivity index (χ1n) is 15.7. The first kappa shape index (κ1) is 32.2. The molecule has 41 heavy (non-hydrogen) atoms. The molecule has 1 heterocycles. The maximum absolute atomic E-state index is 13.9. The summed E-state index contributed by atoms with van der Waals surface area (Å²) in [5.41, 5.74) is 1.77. The standard InChI is InChI=1S/C36H50N2O3/c1-4-5-6-7-8-9-10-11-12-13-14-20-28-41-34-26-21-25-33(30(34)2)36(40)38(29-32-24-18-19-27-37(32)3)35(39)31-22-16-15-17-23-31/h15-19,21-27,32H,4-14,20,28-29H2,1-3H3. The number of ether oxygens (including phenoxy) is 1. The van der Waals surface area contributed by atoms with Gasteiger partial charge in [-0.05, 0) is 49.9 Å². The van der Waals surface area contributed by atoms with Crippen LogP contribution in [-0.2, 0) is 0 Å². The Morgan fingerprint density at radius 1 is 0.780 bits per heavy atom. The highest BCUT2D eigenvalue weighted by atomic mass is 16.5. The molecule has 2 aromatic rings. The van der Waals surface area contributed by atoms with Crippen molar-refractivity contribution in [3.63, 3.8) is 0 Å². The molecule has 5 nitrogen and oxygen atoms in total. The molecule has 3 rings (SSSR count). The van der Waals surface area contributed by atoms with Gasteiger partial charge < -0.3 is 9.64 Å². The van der Waals surface area contributed by atoms with Gasteiger partial charge in [0.25, 0.3) is 11.8 Å². The molecule has 222 valence electrons. The molecule has 0 saturated heterocycles. The van der Waals surface area contributed by atoms with E-state index in [0.717, 1.165) is 18.4 Å². The molecule has 0 saturated carbocycles. The average molecular weight is 559 g/mol. The summed E-state index contributed by atoms with van der Waals surface area (Å²) in [6.07, 6.45) is 23.5. The van der Waals surface area contributed by atoms with Crippen LogP contribution in [0.4, 0.5) is 0 Å². The fourth-order valence-electron chi connectivity index (χ4n) is 5.27. The summed E-state index contributed by atoms with van der Waals surface area (Å²) in [5.74, 6) is 0.112. The number of rotatable bonds is 18. The predicted octanol–water partition coefficient (Wildman–Crippen LogP) is 8.74. The highest BCUT2D eigenvalue weighted by Crippen LogP contribution is 2.25. The van der Waals surface area contributed by atoms with Gasteiger partial charge in [0.05, 0.1) is 19.2 Å². The minimum Gasteiger partial charge on any atom is -0.493 e. The van der Waals surface area contributed by atoms with E-state index in [2.05, 4.69) is 6.92 Å². The summed E-state index contributed by atoms with van der Waals surface area (Å²) in [7, 11) is 1.95. The van der Waals surface area contributed by atoms with Crippen molar-refractivity contribution in [2.75, 3.05) is 20.2 Å². The molecule has 0 radical (unpaired) electrons. The van der Waals surface area contributed by atoms with Gasteiger partial charge in [-0.1, -0.05) is 114 Å². The molecule has 0 N–H and O–H groups in total. The lowest BCUT2D eigenvalue weighted by atomic mass is 10.0. The quantitative estimate of drug-likeness (QED) is 0.136. The third-order valence-corrected chi connectivity index (χ3v) is 7.94. The van der Waals surface area contributed by atoms with Gasteiger partial charge in [-0.3, -0.25) is 14.5 Å². The molecule has 1 unspecified atom stereocenters. The molecular weight excluding hydrogens is 508 g/mol. The van der Waals surface area contributed by atoms with Crippen LogP contribution in [0, 0.1) is 6.92 Å². The van der Waals surface area contributed by atoms with E-state index < -0.39 is 0 Å². The first-order valence-corrected chi connectivity index (χ1v) is 15.7. The maximum atomic E-state index is 13.9. The number of allylic oxidation sites excluding steroid dienone is 2. The summed E-state index contributed by atoms with van der Waals surface area (Å²) in [4.78, 5) is 30.8. The summed E-state index contributed by atoms with van der Waals surface area (Å²) in [6.45, 7) is 5.06. The molecular formula is C36H50N2O3. The summed E-state index contributed by atoms with van der Waals surface area (Å²) in [6, 6.07) is 14.5. The Bertz CT molecular complexity index is 1120. The van der Waals surface area contributed by atoms with E-state index in [4.69, 9.17) is 4.74 Å². The number of hydrogen-bond donors (Lipinski definition) is 0.